The molecule has 2 bridgehead atoms. The van der Waals surface area contributed by atoms with E-state index in [1.165, 1.54) is 19.3 Å². The summed E-state index contributed by atoms with van der Waals surface area (Å²) in [5.41, 5.74) is 7.87. The molecule has 3 atom stereocenters. The lowest BCUT2D eigenvalue weighted by Crippen LogP contribution is -2.53. The molecule has 154 valence electrons. The Balaban J connectivity index is 1.47. The summed E-state index contributed by atoms with van der Waals surface area (Å²) in [6, 6.07) is 5.19. The van der Waals surface area contributed by atoms with E-state index in [-0.39, 0.29) is 5.28 Å². The summed E-state index contributed by atoms with van der Waals surface area (Å²) in [6.45, 7) is 7.53. The molecule has 3 aliphatic rings. The van der Waals surface area contributed by atoms with Crippen LogP contribution in [0.25, 0.3) is 0 Å². The minimum absolute atomic E-state index is 0.112. The SMILES string of the molecule is Cc1ccc(C(N)=O)cc1Nc1nc(Cl)nc(NC[C@@H]2CC[C@H]3C[C@@H]2C3(C)C)n1. The molecular weight excluding hydrogens is 388 g/mol. The predicted molar refractivity (Wildman–Crippen MR) is 114 cm³/mol. The van der Waals surface area contributed by atoms with Crippen molar-refractivity contribution in [2.24, 2.45) is 28.9 Å². The monoisotopic (exact) mass is 414 g/mol. The summed E-state index contributed by atoms with van der Waals surface area (Å²) in [5.74, 6) is 2.54. The van der Waals surface area contributed by atoms with E-state index >= 15 is 0 Å². The molecule has 5 rings (SSSR count). The number of rotatable bonds is 6. The number of hydrogen-bond acceptors (Lipinski definition) is 6. The highest BCUT2D eigenvalue weighted by molar-refractivity contribution is 6.28. The number of fused-ring (bicyclic) bond motifs is 2. The molecule has 7 nitrogen and oxygen atoms in total. The number of nitrogens with one attached hydrogen (secondary N) is 2. The van der Waals surface area contributed by atoms with Crippen LogP contribution >= 0.6 is 11.6 Å². The van der Waals surface area contributed by atoms with E-state index in [2.05, 4.69) is 39.4 Å². The van der Waals surface area contributed by atoms with Crippen LogP contribution in [-0.4, -0.2) is 27.4 Å². The molecule has 3 fully saturated rings. The molecule has 1 aromatic heterocycles. The number of anilines is 3. The molecule has 0 spiro atoms. The van der Waals surface area contributed by atoms with Crippen LogP contribution in [0.2, 0.25) is 5.28 Å². The van der Waals surface area contributed by atoms with Gasteiger partial charge in [-0.3, -0.25) is 4.79 Å². The molecule has 0 saturated heterocycles. The second-order valence-corrected chi connectivity index (χ2v) is 9.19. The molecule has 1 amide bonds. The highest BCUT2D eigenvalue weighted by Crippen LogP contribution is 2.61. The lowest BCUT2D eigenvalue weighted by molar-refractivity contribution is -0.100. The van der Waals surface area contributed by atoms with Crippen LogP contribution in [0.4, 0.5) is 17.6 Å². The molecule has 0 radical (unpaired) electrons. The number of aromatic nitrogens is 3. The highest BCUT2D eigenvalue weighted by atomic mass is 35.5. The molecule has 1 heterocycles. The average molecular weight is 415 g/mol. The number of carbonyl (C=O) groups is 1. The van der Waals surface area contributed by atoms with Gasteiger partial charge in [0.2, 0.25) is 23.1 Å². The first-order valence-electron chi connectivity index (χ1n) is 10.1. The van der Waals surface area contributed by atoms with Crippen molar-refractivity contribution in [3.63, 3.8) is 0 Å². The predicted octanol–water partition coefficient (Wildman–Crippen LogP) is 4.16. The first-order chi connectivity index (χ1) is 13.7. The molecule has 4 N–H and O–H groups in total. The van der Waals surface area contributed by atoms with E-state index in [0.717, 1.165) is 23.9 Å². The number of hydrogen-bond donors (Lipinski definition) is 3. The Morgan fingerprint density at radius 1 is 1.24 bits per heavy atom. The van der Waals surface area contributed by atoms with E-state index in [0.29, 0.717) is 34.5 Å². The van der Waals surface area contributed by atoms with E-state index < -0.39 is 5.91 Å². The van der Waals surface area contributed by atoms with Gasteiger partial charge in [-0.2, -0.15) is 15.0 Å². The third kappa shape index (κ3) is 3.88. The summed E-state index contributed by atoms with van der Waals surface area (Å²) in [5, 5.41) is 6.59. The zero-order valence-electron chi connectivity index (χ0n) is 17.0. The van der Waals surface area contributed by atoms with Crippen molar-refractivity contribution >= 4 is 35.1 Å². The van der Waals surface area contributed by atoms with Gasteiger partial charge in [-0.15, -0.1) is 0 Å². The summed E-state index contributed by atoms with van der Waals surface area (Å²) >= 11 is 6.12. The summed E-state index contributed by atoms with van der Waals surface area (Å²) in [4.78, 5) is 24.3. The van der Waals surface area contributed by atoms with Crippen LogP contribution in [0, 0.1) is 30.1 Å². The molecular formula is C21H27ClN6O. The normalized spacial score (nSPS) is 24.5. The topological polar surface area (TPSA) is 106 Å². The Kier molecular flexibility index (Phi) is 5.11. The second-order valence-electron chi connectivity index (χ2n) is 8.85. The third-order valence-corrected chi connectivity index (χ3v) is 7.07. The van der Waals surface area contributed by atoms with Crippen LogP contribution in [0.3, 0.4) is 0 Å². The van der Waals surface area contributed by atoms with Crippen molar-refractivity contribution in [1.29, 1.82) is 0 Å². The number of benzene rings is 1. The minimum atomic E-state index is -0.488. The molecule has 0 aliphatic heterocycles. The minimum Gasteiger partial charge on any atom is -0.366 e. The number of primary amides is 1. The van der Waals surface area contributed by atoms with Crippen molar-refractivity contribution < 1.29 is 4.79 Å². The lowest BCUT2D eigenvalue weighted by Gasteiger charge is -2.60. The van der Waals surface area contributed by atoms with Gasteiger partial charge in [-0.05, 0) is 78.7 Å². The summed E-state index contributed by atoms with van der Waals surface area (Å²) in [6.07, 6.45) is 3.88. The molecule has 1 aromatic carbocycles. The van der Waals surface area contributed by atoms with Crippen LogP contribution in [0.1, 0.15) is 49.0 Å². The van der Waals surface area contributed by atoms with Crippen molar-refractivity contribution in [3.8, 4) is 0 Å². The van der Waals surface area contributed by atoms with Crippen molar-refractivity contribution in [1.82, 2.24) is 15.0 Å². The van der Waals surface area contributed by atoms with Gasteiger partial charge in [0.25, 0.3) is 0 Å². The molecule has 8 heteroatoms. The van der Waals surface area contributed by atoms with Gasteiger partial charge in [0.1, 0.15) is 0 Å². The van der Waals surface area contributed by atoms with Gasteiger partial charge in [0.15, 0.2) is 0 Å². The first-order valence-corrected chi connectivity index (χ1v) is 10.4. The van der Waals surface area contributed by atoms with Crippen LogP contribution in [-0.2, 0) is 0 Å². The Hall–Kier alpha value is -2.41. The van der Waals surface area contributed by atoms with Gasteiger partial charge < -0.3 is 16.4 Å². The zero-order chi connectivity index (χ0) is 20.8. The Bertz CT molecular complexity index is 945. The van der Waals surface area contributed by atoms with Crippen LogP contribution in [0.15, 0.2) is 18.2 Å². The van der Waals surface area contributed by atoms with Crippen molar-refractivity contribution in [2.75, 3.05) is 17.2 Å². The van der Waals surface area contributed by atoms with Crippen LogP contribution < -0.4 is 16.4 Å². The standard InChI is InChI=1S/C21H27ClN6O/c1-11-4-5-12(17(23)29)8-16(11)25-20-27-18(22)26-19(28-20)24-10-13-6-7-14-9-15(13)21(14,2)3/h4-5,8,13-15H,6-7,9-10H2,1-3H3,(H2,23,29)(H2,24,25,26,27,28)/t13-,14-,15-/m0/s1. The third-order valence-electron chi connectivity index (χ3n) is 6.90. The maximum absolute atomic E-state index is 11.5. The molecule has 29 heavy (non-hydrogen) atoms. The Labute approximate surface area is 175 Å². The van der Waals surface area contributed by atoms with Crippen LogP contribution in [0.5, 0.6) is 0 Å². The number of aryl methyl sites for hydroxylation is 1. The molecule has 0 unspecified atom stereocenters. The molecule has 2 aromatic rings. The van der Waals surface area contributed by atoms with E-state index in [4.69, 9.17) is 17.3 Å². The van der Waals surface area contributed by atoms with Crippen molar-refractivity contribution in [2.45, 2.75) is 40.0 Å². The zero-order valence-corrected chi connectivity index (χ0v) is 17.8. The number of amides is 1. The summed E-state index contributed by atoms with van der Waals surface area (Å²) in [7, 11) is 0. The molecule has 3 saturated carbocycles. The Morgan fingerprint density at radius 3 is 2.69 bits per heavy atom. The van der Waals surface area contributed by atoms with Gasteiger partial charge >= 0.3 is 0 Å². The highest BCUT2D eigenvalue weighted by Gasteiger charge is 2.53. The number of nitrogens with two attached hydrogens (primary N) is 1. The quantitative estimate of drug-likeness (QED) is 0.655. The van der Waals surface area contributed by atoms with Gasteiger partial charge in [0.05, 0.1) is 0 Å². The van der Waals surface area contributed by atoms with Gasteiger partial charge in [0, 0.05) is 17.8 Å². The van der Waals surface area contributed by atoms with Gasteiger partial charge in [-0.1, -0.05) is 19.9 Å². The lowest BCUT2D eigenvalue weighted by atomic mass is 9.45. The average Bonchev–Trinajstić information content (AvgIpc) is 2.67. The smallest absolute Gasteiger partial charge is 0.248 e. The second kappa shape index (κ2) is 7.44. The number of nitrogens with zero attached hydrogens (tertiary/aromatic N) is 3. The fourth-order valence-corrected chi connectivity index (χ4v) is 5.10. The number of halogens is 1. The summed E-state index contributed by atoms with van der Waals surface area (Å²) < 4.78 is 0. The number of carbonyl (C=O) groups excluding carboxylic acids is 1. The fraction of sp³-hybridized carbons (Fsp3) is 0.524. The maximum Gasteiger partial charge on any atom is 0.248 e. The van der Waals surface area contributed by atoms with Gasteiger partial charge in [-0.25, -0.2) is 0 Å². The maximum atomic E-state index is 11.5. The van der Waals surface area contributed by atoms with Crippen molar-refractivity contribution in [3.05, 3.63) is 34.6 Å². The largest absolute Gasteiger partial charge is 0.366 e. The van der Waals surface area contributed by atoms with E-state index in [9.17, 15) is 4.79 Å². The fourth-order valence-electron chi connectivity index (χ4n) is 4.94. The Morgan fingerprint density at radius 2 is 2.00 bits per heavy atom. The molecule has 3 aliphatic carbocycles. The first kappa shape index (κ1) is 19.9. The van der Waals surface area contributed by atoms with E-state index in [1.54, 1.807) is 12.1 Å². The van der Waals surface area contributed by atoms with E-state index in [1.807, 2.05) is 13.0 Å².